The van der Waals surface area contributed by atoms with Gasteiger partial charge in [-0.15, -0.1) is 0 Å². The molecule has 1 unspecified atom stereocenters. The van der Waals surface area contributed by atoms with E-state index in [-0.39, 0.29) is 5.56 Å². The maximum absolute atomic E-state index is 13.6. The Bertz CT molecular complexity index is 557. The Hall–Kier alpha value is -1.94. The highest BCUT2D eigenvalue weighted by molar-refractivity contribution is 5.39. The molecule has 3 nitrogen and oxygen atoms in total. The van der Waals surface area contributed by atoms with Crippen LogP contribution in [0.4, 0.5) is 4.39 Å². The Kier molecular flexibility index (Phi) is 3.58. The summed E-state index contributed by atoms with van der Waals surface area (Å²) in [5.41, 5.74) is 1.72. The van der Waals surface area contributed by atoms with Gasteiger partial charge in [-0.05, 0) is 36.2 Å². The van der Waals surface area contributed by atoms with E-state index in [1.165, 1.54) is 12.3 Å². The number of aryl methyl sites for hydroxylation is 1. The third kappa shape index (κ3) is 2.33. The van der Waals surface area contributed by atoms with Crippen molar-refractivity contribution in [3.63, 3.8) is 0 Å². The molecule has 0 aliphatic rings. The standard InChI is InChI=1S/C14H14FNO2/c1-9-7-10(18-2)3-4-11(9)14(17)12-5-6-16-8-13(12)15/h3-8,14,17H,1-2H3. The zero-order chi connectivity index (χ0) is 13.1. The largest absolute Gasteiger partial charge is 0.497 e. The summed E-state index contributed by atoms with van der Waals surface area (Å²) in [6.45, 7) is 1.85. The maximum Gasteiger partial charge on any atom is 0.147 e. The molecule has 2 rings (SSSR count). The van der Waals surface area contributed by atoms with Crippen LogP contribution < -0.4 is 4.74 Å². The van der Waals surface area contributed by atoms with E-state index in [0.29, 0.717) is 11.3 Å². The van der Waals surface area contributed by atoms with Crippen molar-refractivity contribution in [1.82, 2.24) is 4.98 Å². The van der Waals surface area contributed by atoms with Crippen LogP contribution in [-0.2, 0) is 0 Å². The number of aliphatic hydroxyl groups excluding tert-OH is 1. The molecule has 0 aliphatic heterocycles. The molecule has 18 heavy (non-hydrogen) atoms. The van der Waals surface area contributed by atoms with E-state index in [1.54, 1.807) is 25.3 Å². The molecule has 0 spiro atoms. The molecule has 0 radical (unpaired) electrons. The summed E-state index contributed by atoms with van der Waals surface area (Å²) in [5.74, 6) is 0.193. The van der Waals surface area contributed by atoms with Crippen molar-refractivity contribution in [3.05, 3.63) is 59.2 Å². The maximum atomic E-state index is 13.6. The van der Waals surface area contributed by atoms with Crippen LogP contribution in [0, 0.1) is 12.7 Å². The molecule has 0 bridgehead atoms. The van der Waals surface area contributed by atoms with Crippen molar-refractivity contribution in [3.8, 4) is 5.75 Å². The van der Waals surface area contributed by atoms with Crippen molar-refractivity contribution in [2.24, 2.45) is 0 Å². The smallest absolute Gasteiger partial charge is 0.147 e. The van der Waals surface area contributed by atoms with E-state index in [2.05, 4.69) is 4.98 Å². The van der Waals surface area contributed by atoms with Crippen LogP contribution in [0.2, 0.25) is 0 Å². The summed E-state index contributed by atoms with van der Waals surface area (Å²) >= 11 is 0. The number of hydrogen-bond donors (Lipinski definition) is 1. The van der Waals surface area contributed by atoms with Crippen molar-refractivity contribution in [1.29, 1.82) is 0 Å². The lowest BCUT2D eigenvalue weighted by atomic mass is 9.98. The van der Waals surface area contributed by atoms with Gasteiger partial charge in [-0.2, -0.15) is 0 Å². The summed E-state index contributed by atoms with van der Waals surface area (Å²) in [4.78, 5) is 3.66. The highest BCUT2D eigenvalue weighted by Gasteiger charge is 2.16. The summed E-state index contributed by atoms with van der Waals surface area (Å²) < 4.78 is 18.6. The zero-order valence-electron chi connectivity index (χ0n) is 10.2. The summed E-state index contributed by atoms with van der Waals surface area (Å²) in [7, 11) is 1.58. The van der Waals surface area contributed by atoms with E-state index in [0.717, 1.165) is 11.8 Å². The van der Waals surface area contributed by atoms with Crippen molar-refractivity contribution >= 4 is 0 Å². The minimum Gasteiger partial charge on any atom is -0.497 e. The summed E-state index contributed by atoms with van der Waals surface area (Å²) in [6, 6.07) is 6.75. The second-order valence-electron chi connectivity index (χ2n) is 4.02. The lowest BCUT2D eigenvalue weighted by molar-refractivity contribution is 0.214. The van der Waals surface area contributed by atoms with E-state index in [4.69, 9.17) is 4.74 Å². The Labute approximate surface area is 105 Å². The SMILES string of the molecule is COc1ccc(C(O)c2ccncc2F)c(C)c1. The van der Waals surface area contributed by atoms with Crippen molar-refractivity contribution in [2.75, 3.05) is 7.11 Å². The number of benzene rings is 1. The molecule has 1 aromatic carbocycles. The Balaban J connectivity index is 2.40. The second-order valence-corrected chi connectivity index (χ2v) is 4.02. The number of pyridine rings is 1. The first-order valence-corrected chi connectivity index (χ1v) is 5.55. The van der Waals surface area contributed by atoms with E-state index >= 15 is 0 Å². The van der Waals surface area contributed by atoms with Gasteiger partial charge >= 0.3 is 0 Å². The molecule has 1 aromatic heterocycles. The van der Waals surface area contributed by atoms with E-state index in [1.807, 2.05) is 6.92 Å². The van der Waals surface area contributed by atoms with Crippen LogP contribution in [0.1, 0.15) is 22.8 Å². The number of aliphatic hydroxyl groups is 1. The number of hydrogen-bond acceptors (Lipinski definition) is 3. The van der Waals surface area contributed by atoms with Gasteiger partial charge in [-0.1, -0.05) is 6.07 Å². The zero-order valence-corrected chi connectivity index (χ0v) is 10.2. The van der Waals surface area contributed by atoms with E-state index < -0.39 is 11.9 Å². The van der Waals surface area contributed by atoms with Crippen molar-refractivity contribution < 1.29 is 14.2 Å². The molecule has 0 saturated carbocycles. The Morgan fingerprint density at radius 2 is 2.06 bits per heavy atom. The van der Waals surface area contributed by atoms with Crippen LogP contribution in [0.3, 0.4) is 0 Å². The molecular formula is C14H14FNO2. The fourth-order valence-corrected chi connectivity index (χ4v) is 1.86. The number of methoxy groups -OCH3 is 1. The van der Waals surface area contributed by atoms with Crippen molar-refractivity contribution in [2.45, 2.75) is 13.0 Å². The van der Waals surface area contributed by atoms with Gasteiger partial charge in [0, 0.05) is 11.8 Å². The summed E-state index contributed by atoms with van der Waals surface area (Å²) in [5, 5.41) is 10.2. The lowest BCUT2D eigenvalue weighted by Gasteiger charge is -2.15. The topological polar surface area (TPSA) is 42.4 Å². The molecule has 1 heterocycles. The van der Waals surface area contributed by atoms with Crippen LogP contribution >= 0.6 is 0 Å². The summed E-state index contributed by atoms with van der Waals surface area (Å²) in [6.07, 6.45) is 1.55. The number of halogens is 1. The molecule has 1 N–H and O–H groups in total. The molecular weight excluding hydrogens is 233 g/mol. The number of ether oxygens (including phenoxy) is 1. The molecule has 0 saturated heterocycles. The van der Waals surface area contributed by atoms with Gasteiger partial charge in [0.1, 0.15) is 17.7 Å². The quantitative estimate of drug-likeness (QED) is 0.906. The Morgan fingerprint density at radius 3 is 2.67 bits per heavy atom. The first-order valence-electron chi connectivity index (χ1n) is 5.55. The average Bonchev–Trinajstić information content (AvgIpc) is 2.38. The van der Waals surface area contributed by atoms with Crippen LogP contribution in [0.25, 0.3) is 0 Å². The predicted octanol–water partition coefficient (Wildman–Crippen LogP) is 2.62. The molecule has 0 fully saturated rings. The van der Waals surface area contributed by atoms with Gasteiger partial charge in [-0.3, -0.25) is 4.98 Å². The first-order chi connectivity index (χ1) is 8.63. The highest BCUT2D eigenvalue weighted by Crippen LogP contribution is 2.28. The van der Waals surface area contributed by atoms with Gasteiger partial charge < -0.3 is 9.84 Å². The number of nitrogens with zero attached hydrogens (tertiary/aromatic N) is 1. The minimum absolute atomic E-state index is 0.221. The number of aromatic nitrogens is 1. The fraction of sp³-hybridized carbons (Fsp3) is 0.214. The van der Waals surface area contributed by atoms with Crippen LogP contribution in [-0.4, -0.2) is 17.2 Å². The average molecular weight is 247 g/mol. The minimum atomic E-state index is -1.00. The fourth-order valence-electron chi connectivity index (χ4n) is 1.86. The molecule has 4 heteroatoms. The van der Waals surface area contributed by atoms with Gasteiger partial charge in [0.05, 0.1) is 13.3 Å². The van der Waals surface area contributed by atoms with Crippen LogP contribution in [0.15, 0.2) is 36.7 Å². The van der Waals surface area contributed by atoms with Gasteiger partial charge in [0.25, 0.3) is 0 Å². The van der Waals surface area contributed by atoms with Gasteiger partial charge in [0.2, 0.25) is 0 Å². The molecule has 0 amide bonds. The number of rotatable bonds is 3. The molecule has 0 aliphatic carbocycles. The molecule has 94 valence electrons. The third-order valence-corrected chi connectivity index (χ3v) is 2.87. The molecule has 2 aromatic rings. The van der Waals surface area contributed by atoms with E-state index in [9.17, 15) is 9.50 Å². The molecule has 1 atom stereocenters. The van der Waals surface area contributed by atoms with Gasteiger partial charge in [-0.25, -0.2) is 4.39 Å². The normalized spacial score (nSPS) is 12.2. The Morgan fingerprint density at radius 1 is 1.28 bits per heavy atom. The third-order valence-electron chi connectivity index (χ3n) is 2.87. The monoisotopic (exact) mass is 247 g/mol. The van der Waals surface area contributed by atoms with Gasteiger partial charge in [0.15, 0.2) is 0 Å². The highest BCUT2D eigenvalue weighted by atomic mass is 19.1. The lowest BCUT2D eigenvalue weighted by Crippen LogP contribution is -2.05. The van der Waals surface area contributed by atoms with Crippen LogP contribution in [0.5, 0.6) is 5.75 Å². The first kappa shape index (κ1) is 12.5. The predicted molar refractivity (Wildman–Crippen MR) is 66.0 cm³/mol. The second kappa shape index (κ2) is 5.14.